The Morgan fingerprint density at radius 2 is 2.00 bits per heavy atom. The highest BCUT2D eigenvalue weighted by molar-refractivity contribution is 6.29. The highest BCUT2D eigenvalue weighted by atomic mass is 35.5. The number of ether oxygens (including phenoxy) is 1. The zero-order chi connectivity index (χ0) is 13.5. The summed E-state index contributed by atoms with van der Waals surface area (Å²) < 4.78 is 4.90. The van der Waals surface area contributed by atoms with Crippen molar-refractivity contribution in [2.45, 2.75) is 13.8 Å². The van der Waals surface area contributed by atoms with E-state index in [0.29, 0.717) is 18.2 Å². The molecule has 5 nitrogen and oxygen atoms in total. The molecule has 98 valence electrons. The quantitative estimate of drug-likeness (QED) is 0.604. The summed E-state index contributed by atoms with van der Waals surface area (Å²) in [5, 5.41) is 0.297. The van der Waals surface area contributed by atoms with Gasteiger partial charge in [0.1, 0.15) is 5.15 Å². The topological polar surface area (TPSA) is 59.5 Å². The summed E-state index contributed by atoms with van der Waals surface area (Å²) in [7, 11) is 0. The highest BCUT2D eigenvalue weighted by Crippen LogP contribution is 2.06. The predicted octanol–water partition coefficient (Wildman–Crippen LogP) is 1.76. The number of rotatable bonds is 5. The highest BCUT2D eigenvalue weighted by Gasteiger charge is 2.14. The Morgan fingerprint density at radius 3 is 2.50 bits per heavy atom. The molecule has 0 aromatic carbocycles. The summed E-state index contributed by atoms with van der Waals surface area (Å²) in [6, 6.07) is 2.99. The minimum atomic E-state index is -0.584. The molecule has 0 fully saturated rings. The fourth-order valence-corrected chi connectivity index (χ4v) is 1.49. The van der Waals surface area contributed by atoms with Gasteiger partial charge >= 0.3 is 5.97 Å². The van der Waals surface area contributed by atoms with Crippen LogP contribution in [0.3, 0.4) is 0 Å². The van der Waals surface area contributed by atoms with E-state index in [1.807, 2.05) is 13.8 Å². The number of aromatic nitrogens is 1. The van der Waals surface area contributed by atoms with E-state index in [1.54, 1.807) is 4.90 Å². The van der Waals surface area contributed by atoms with Crippen LogP contribution in [-0.4, -0.2) is 41.5 Å². The molecule has 0 aliphatic carbocycles. The van der Waals surface area contributed by atoms with Crippen molar-refractivity contribution < 1.29 is 14.3 Å². The maximum Gasteiger partial charge on any atom is 0.340 e. The first-order valence-electron chi connectivity index (χ1n) is 5.65. The SMILES string of the molecule is CCN(CC)C(=O)COC(=O)c1ccc(Cl)nc1. The van der Waals surface area contributed by atoms with Crippen LogP contribution in [0.25, 0.3) is 0 Å². The van der Waals surface area contributed by atoms with E-state index in [0.717, 1.165) is 0 Å². The van der Waals surface area contributed by atoms with Crippen LogP contribution < -0.4 is 0 Å². The Morgan fingerprint density at radius 1 is 1.33 bits per heavy atom. The molecule has 1 aromatic rings. The van der Waals surface area contributed by atoms with Crippen LogP contribution in [0.5, 0.6) is 0 Å². The van der Waals surface area contributed by atoms with Gasteiger partial charge in [0.25, 0.3) is 5.91 Å². The molecule has 18 heavy (non-hydrogen) atoms. The van der Waals surface area contributed by atoms with Crippen molar-refractivity contribution in [1.29, 1.82) is 0 Å². The second kappa shape index (κ2) is 6.96. The van der Waals surface area contributed by atoms with Crippen molar-refractivity contribution in [3.8, 4) is 0 Å². The van der Waals surface area contributed by atoms with Gasteiger partial charge in [0.15, 0.2) is 6.61 Å². The van der Waals surface area contributed by atoms with Crippen molar-refractivity contribution >= 4 is 23.5 Å². The van der Waals surface area contributed by atoms with Crippen LogP contribution in [0.15, 0.2) is 18.3 Å². The lowest BCUT2D eigenvalue weighted by Crippen LogP contribution is -2.34. The number of esters is 1. The van der Waals surface area contributed by atoms with Crippen LogP contribution in [0, 0.1) is 0 Å². The molecule has 0 saturated carbocycles. The third kappa shape index (κ3) is 4.00. The van der Waals surface area contributed by atoms with E-state index >= 15 is 0 Å². The van der Waals surface area contributed by atoms with Crippen molar-refractivity contribution in [3.05, 3.63) is 29.0 Å². The lowest BCUT2D eigenvalue weighted by atomic mass is 10.3. The molecule has 0 saturated heterocycles. The standard InChI is InChI=1S/C12H15ClN2O3/c1-3-15(4-2)11(16)8-18-12(17)9-5-6-10(13)14-7-9/h5-7H,3-4,8H2,1-2H3. The first-order chi connectivity index (χ1) is 8.58. The molecule has 0 aliphatic heterocycles. The van der Waals surface area contributed by atoms with E-state index in [9.17, 15) is 9.59 Å². The number of amides is 1. The Labute approximate surface area is 111 Å². The van der Waals surface area contributed by atoms with E-state index in [2.05, 4.69) is 4.98 Å². The summed E-state index contributed by atoms with van der Waals surface area (Å²) in [6.07, 6.45) is 1.31. The number of halogens is 1. The van der Waals surface area contributed by atoms with Crippen LogP contribution >= 0.6 is 11.6 Å². The maximum atomic E-state index is 11.6. The molecule has 0 aliphatic rings. The van der Waals surface area contributed by atoms with Crippen molar-refractivity contribution in [2.75, 3.05) is 19.7 Å². The van der Waals surface area contributed by atoms with Crippen molar-refractivity contribution in [2.24, 2.45) is 0 Å². The lowest BCUT2D eigenvalue weighted by Gasteiger charge is -2.18. The summed E-state index contributed by atoms with van der Waals surface area (Å²) >= 11 is 5.60. The van der Waals surface area contributed by atoms with Crippen LogP contribution in [0.4, 0.5) is 0 Å². The number of carbonyl (C=O) groups is 2. The van der Waals surface area contributed by atoms with Crippen molar-refractivity contribution in [3.63, 3.8) is 0 Å². The molecule has 1 amide bonds. The van der Waals surface area contributed by atoms with Gasteiger partial charge in [-0.2, -0.15) is 0 Å². The Hall–Kier alpha value is -1.62. The zero-order valence-electron chi connectivity index (χ0n) is 10.4. The van der Waals surface area contributed by atoms with Gasteiger partial charge in [0.2, 0.25) is 0 Å². The van der Waals surface area contributed by atoms with Gasteiger partial charge in [-0.25, -0.2) is 9.78 Å². The summed E-state index contributed by atoms with van der Waals surface area (Å²) in [5.41, 5.74) is 0.270. The molecule has 6 heteroatoms. The first kappa shape index (κ1) is 14.4. The molecule has 0 spiro atoms. The van der Waals surface area contributed by atoms with E-state index in [4.69, 9.17) is 16.3 Å². The lowest BCUT2D eigenvalue weighted by molar-refractivity contribution is -0.134. The molecule has 1 aromatic heterocycles. The molecule has 1 heterocycles. The monoisotopic (exact) mass is 270 g/mol. The van der Waals surface area contributed by atoms with Gasteiger partial charge in [-0.15, -0.1) is 0 Å². The number of pyridine rings is 1. The smallest absolute Gasteiger partial charge is 0.340 e. The Kier molecular flexibility index (Phi) is 5.58. The molecule has 0 bridgehead atoms. The van der Waals surface area contributed by atoms with Gasteiger partial charge in [-0.1, -0.05) is 11.6 Å². The van der Waals surface area contributed by atoms with E-state index in [1.165, 1.54) is 18.3 Å². The van der Waals surface area contributed by atoms with Crippen molar-refractivity contribution in [1.82, 2.24) is 9.88 Å². The summed E-state index contributed by atoms with van der Waals surface area (Å²) in [6.45, 7) is 4.66. The van der Waals surface area contributed by atoms with Gasteiger partial charge < -0.3 is 9.64 Å². The van der Waals surface area contributed by atoms with Gasteiger partial charge in [-0.3, -0.25) is 4.79 Å². The Balaban J connectivity index is 2.51. The van der Waals surface area contributed by atoms with Crippen LogP contribution in [0.1, 0.15) is 24.2 Å². The second-order valence-corrected chi connectivity index (χ2v) is 3.90. The van der Waals surface area contributed by atoms with E-state index in [-0.39, 0.29) is 18.1 Å². The first-order valence-corrected chi connectivity index (χ1v) is 6.02. The van der Waals surface area contributed by atoms with Gasteiger partial charge in [0.05, 0.1) is 5.56 Å². The third-order valence-corrected chi connectivity index (χ3v) is 2.63. The molecule has 0 N–H and O–H groups in total. The molecular weight excluding hydrogens is 256 g/mol. The Bertz CT molecular complexity index is 416. The molecule has 0 radical (unpaired) electrons. The second-order valence-electron chi connectivity index (χ2n) is 3.51. The summed E-state index contributed by atoms with van der Waals surface area (Å²) in [5.74, 6) is -0.796. The fraction of sp³-hybridized carbons (Fsp3) is 0.417. The normalized spacial score (nSPS) is 9.94. The number of likely N-dealkylation sites (N-methyl/N-ethyl adjacent to an activating group) is 1. The zero-order valence-corrected chi connectivity index (χ0v) is 11.1. The van der Waals surface area contributed by atoms with Gasteiger partial charge in [0, 0.05) is 19.3 Å². The molecule has 0 unspecified atom stereocenters. The average Bonchev–Trinajstić information content (AvgIpc) is 2.38. The molecule has 1 rings (SSSR count). The third-order valence-electron chi connectivity index (χ3n) is 2.41. The number of carbonyl (C=O) groups excluding carboxylic acids is 2. The van der Waals surface area contributed by atoms with Crippen LogP contribution in [-0.2, 0) is 9.53 Å². The van der Waals surface area contributed by atoms with Gasteiger partial charge in [-0.05, 0) is 26.0 Å². The maximum absolute atomic E-state index is 11.6. The average molecular weight is 271 g/mol. The molecular formula is C12H15ClN2O3. The van der Waals surface area contributed by atoms with E-state index < -0.39 is 5.97 Å². The fourth-order valence-electron chi connectivity index (χ4n) is 1.37. The number of hydrogen-bond acceptors (Lipinski definition) is 4. The minimum absolute atomic E-state index is 0.213. The number of hydrogen-bond donors (Lipinski definition) is 0. The minimum Gasteiger partial charge on any atom is -0.452 e. The molecule has 0 atom stereocenters. The van der Waals surface area contributed by atoms with Crippen LogP contribution in [0.2, 0.25) is 5.15 Å². The predicted molar refractivity (Wildman–Crippen MR) is 67.5 cm³/mol. The largest absolute Gasteiger partial charge is 0.452 e. The summed E-state index contributed by atoms with van der Waals surface area (Å²) in [4.78, 5) is 28.5. The number of nitrogens with zero attached hydrogens (tertiary/aromatic N) is 2.